The van der Waals surface area contributed by atoms with E-state index in [1.54, 1.807) is 6.07 Å². The Morgan fingerprint density at radius 3 is 2.43 bits per heavy atom. The van der Waals surface area contributed by atoms with Crippen molar-refractivity contribution in [3.8, 4) is 17.2 Å². The fourth-order valence-corrected chi connectivity index (χ4v) is 5.32. The molecule has 2 aromatic carbocycles. The number of fused-ring (bicyclic) bond motifs is 1. The van der Waals surface area contributed by atoms with Crippen molar-refractivity contribution in [3.05, 3.63) is 53.6 Å². The van der Waals surface area contributed by atoms with Crippen molar-refractivity contribution in [2.45, 2.75) is 71.0 Å². The number of likely N-dealkylation sites (tertiary alicyclic amines) is 1. The molecule has 0 aliphatic carbocycles. The van der Waals surface area contributed by atoms with E-state index in [1.165, 1.54) is 0 Å². The summed E-state index contributed by atoms with van der Waals surface area (Å²) in [6.45, 7) is 8.17. The van der Waals surface area contributed by atoms with Crippen LogP contribution in [0.1, 0.15) is 76.1 Å². The number of benzene rings is 2. The van der Waals surface area contributed by atoms with E-state index < -0.39 is 0 Å². The zero-order chi connectivity index (χ0) is 24.8. The predicted octanol–water partition coefficient (Wildman–Crippen LogP) is 4.88. The molecule has 2 heterocycles. The number of unbranched alkanes of at least 4 members (excludes halogenated alkanes) is 3. The van der Waals surface area contributed by atoms with E-state index in [1.807, 2.05) is 42.2 Å². The largest absolute Gasteiger partial charge is 0.508 e. The van der Waals surface area contributed by atoms with Gasteiger partial charge in [0.1, 0.15) is 11.8 Å². The second-order valence-corrected chi connectivity index (χ2v) is 9.40. The molecule has 4 rings (SSSR count). The molecule has 7 nitrogen and oxygen atoms in total. The molecule has 190 valence electrons. The van der Waals surface area contributed by atoms with Crippen molar-refractivity contribution in [2.75, 3.05) is 19.8 Å². The summed E-state index contributed by atoms with van der Waals surface area (Å²) in [5.41, 5.74) is 8.35. The maximum absolute atomic E-state index is 13.5. The Kier molecular flexibility index (Phi) is 8.52. The third-order valence-corrected chi connectivity index (χ3v) is 7.05. The lowest BCUT2D eigenvalue weighted by molar-refractivity contribution is -0.130. The standard InChI is InChI=1S/C28H39N3O4/c1-4-7-11-17-35-22-15-14-19(18-23(22)34-6-3)27-24-25(20-12-9-10-13-21(20)32)29-30-26(24)28(33)31(27)16-8-5-2/h9-10,12-15,18,24-27,29-30,32H,4-8,11,16-17H2,1-3H3. The number of aromatic hydroxyl groups is 1. The lowest BCUT2D eigenvalue weighted by Crippen LogP contribution is -2.41. The molecule has 0 bridgehead atoms. The summed E-state index contributed by atoms with van der Waals surface area (Å²) in [4.78, 5) is 15.5. The first-order chi connectivity index (χ1) is 17.1. The Hall–Kier alpha value is -2.77. The van der Waals surface area contributed by atoms with Gasteiger partial charge in [0.25, 0.3) is 0 Å². The van der Waals surface area contributed by atoms with Gasteiger partial charge >= 0.3 is 0 Å². The van der Waals surface area contributed by atoms with E-state index in [2.05, 4.69) is 30.8 Å². The van der Waals surface area contributed by atoms with Gasteiger partial charge in [0.2, 0.25) is 5.91 Å². The lowest BCUT2D eigenvalue weighted by atomic mass is 9.83. The van der Waals surface area contributed by atoms with E-state index in [0.29, 0.717) is 25.5 Å². The third kappa shape index (κ3) is 5.26. The monoisotopic (exact) mass is 481 g/mol. The van der Waals surface area contributed by atoms with Crippen LogP contribution in [0.3, 0.4) is 0 Å². The first-order valence-corrected chi connectivity index (χ1v) is 13.1. The van der Waals surface area contributed by atoms with E-state index >= 15 is 0 Å². The van der Waals surface area contributed by atoms with Gasteiger partial charge in [0.05, 0.1) is 25.3 Å². The maximum atomic E-state index is 13.5. The first kappa shape index (κ1) is 25.3. The number of carbonyl (C=O) groups is 1. The van der Waals surface area contributed by atoms with E-state index in [0.717, 1.165) is 49.0 Å². The number of hydrogen-bond acceptors (Lipinski definition) is 6. The van der Waals surface area contributed by atoms with Crippen molar-refractivity contribution in [1.29, 1.82) is 0 Å². The molecule has 7 heteroatoms. The molecule has 4 atom stereocenters. The van der Waals surface area contributed by atoms with E-state index in [4.69, 9.17) is 9.47 Å². The molecule has 4 unspecified atom stereocenters. The number of ether oxygens (including phenoxy) is 2. The summed E-state index contributed by atoms with van der Waals surface area (Å²) >= 11 is 0. The number of phenols is 1. The molecule has 2 aliphatic rings. The molecule has 3 N–H and O–H groups in total. The Balaban J connectivity index is 1.70. The van der Waals surface area contributed by atoms with Crippen LogP contribution in [0, 0.1) is 5.92 Å². The number of hydrazine groups is 1. The Labute approximate surface area is 208 Å². The van der Waals surface area contributed by atoms with Crippen LogP contribution < -0.4 is 20.3 Å². The van der Waals surface area contributed by atoms with Crippen LogP contribution in [-0.2, 0) is 4.79 Å². The molecule has 0 saturated carbocycles. The second-order valence-electron chi connectivity index (χ2n) is 9.40. The topological polar surface area (TPSA) is 83.1 Å². The number of para-hydroxylation sites is 1. The molecular weight excluding hydrogens is 442 g/mol. The first-order valence-electron chi connectivity index (χ1n) is 13.1. The summed E-state index contributed by atoms with van der Waals surface area (Å²) in [6.07, 6.45) is 5.24. The summed E-state index contributed by atoms with van der Waals surface area (Å²) in [7, 11) is 0. The Bertz CT molecular complexity index is 998. The SMILES string of the molecule is CCCCCOc1ccc(C2C3C(NNC3c3ccccc3O)C(=O)N2CCCC)cc1OCC. The minimum atomic E-state index is -0.359. The number of phenolic OH excluding ortho intramolecular Hbond substituents is 1. The second kappa shape index (κ2) is 11.8. The molecule has 2 aliphatic heterocycles. The van der Waals surface area contributed by atoms with Crippen LogP contribution in [0.2, 0.25) is 0 Å². The van der Waals surface area contributed by atoms with Crippen LogP contribution in [0.4, 0.5) is 0 Å². The van der Waals surface area contributed by atoms with Crippen LogP contribution >= 0.6 is 0 Å². The van der Waals surface area contributed by atoms with Crippen LogP contribution in [0.5, 0.6) is 17.2 Å². The molecular formula is C28H39N3O4. The molecule has 0 spiro atoms. The average molecular weight is 482 g/mol. The van der Waals surface area contributed by atoms with Crippen molar-refractivity contribution >= 4 is 5.91 Å². The normalized spacial score (nSPS) is 23.5. The summed E-state index contributed by atoms with van der Waals surface area (Å²) in [6, 6.07) is 12.7. The Morgan fingerprint density at radius 1 is 0.914 bits per heavy atom. The summed E-state index contributed by atoms with van der Waals surface area (Å²) in [5, 5.41) is 10.6. The van der Waals surface area contributed by atoms with Gasteiger partial charge in [-0.15, -0.1) is 0 Å². The number of amides is 1. The lowest BCUT2D eigenvalue weighted by Gasteiger charge is -2.32. The van der Waals surface area contributed by atoms with E-state index in [9.17, 15) is 9.90 Å². The van der Waals surface area contributed by atoms with Gasteiger partial charge in [0.15, 0.2) is 11.5 Å². The molecule has 2 fully saturated rings. The minimum absolute atomic E-state index is 0.0848. The Morgan fingerprint density at radius 2 is 1.69 bits per heavy atom. The smallest absolute Gasteiger partial charge is 0.242 e. The molecule has 2 saturated heterocycles. The minimum Gasteiger partial charge on any atom is -0.508 e. The van der Waals surface area contributed by atoms with Crippen LogP contribution in [0.15, 0.2) is 42.5 Å². The molecule has 0 radical (unpaired) electrons. The highest BCUT2D eigenvalue weighted by Gasteiger charge is 2.55. The highest BCUT2D eigenvalue weighted by atomic mass is 16.5. The van der Waals surface area contributed by atoms with Crippen molar-refractivity contribution in [3.63, 3.8) is 0 Å². The van der Waals surface area contributed by atoms with Gasteiger partial charge in [-0.05, 0) is 43.5 Å². The van der Waals surface area contributed by atoms with Crippen LogP contribution in [-0.4, -0.2) is 41.7 Å². The van der Waals surface area contributed by atoms with Gasteiger partial charge in [0, 0.05) is 18.0 Å². The quantitative estimate of drug-likeness (QED) is 0.375. The number of carbonyl (C=O) groups excluding carboxylic acids is 1. The summed E-state index contributed by atoms with van der Waals surface area (Å²) < 4.78 is 12.0. The summed E-state index contributed by atoms with van der Waals surface area (Å²) in [5.74, 6) is 1.70. The van der Waals surface area contributed by atoms with Crippen molar-refractivity contribution < 1.29 is 19.4 Å². The number of nitrogens with one attached hydrogen (secondary N) is 2. The number of hydrogen-bond donors (Lipinski definition) is 3. The van der Waals surface area contributed by atoms with Gasteiger partial charge in [-0.3, -0.25) is 4.79 Å². The zero-order valence-electron chi connectivity index (χ0n) is 21.1. The third-order valence-electron chi connectivity index (χ3n) is 7.05. The number of nitrogens with zero attached hydrogens (tertiary/aromatic N) is 1. The highest BCUT2D eigenvalue weighted by Crippen LogP contribution is 2.49. The molecule has 2 aromatic rings. The fourth-order valence-electron chi connectivity index (χ4n) is 5.32. The molecule has 1 amide bonds. The van der Waals surface area contributed by atoms with E-state index in [-0.39, 0.29) is 35.7 Å². The maximum Gasteiger partial charge on any atom is 0.242 e. The average Bonchev–Trinajstić information content (AvgIpc) is 3.40. The highest BCUT2D eigenvalue weighted by molar-refractivity contribution is 5.86. The zero-order valence-corrected chi connectivity index (χ0v) is 21.1. The van der Waals surface area contributed by atoms with Gasteiger partial charge in [-0.2, -0.15) is 0 Å². The van der Waals surface area contributed by atoms with Crippen LogP contribution in [0.25, 0.3) is 0 Å². The van der Waals surface area contributed by atoms with Gasteiger partial charge < -0.3 is 19.5 Å². The molecule has 35 heavy (non-hydrogen) atoms. The predicted molar refractivity (Wildman–Crippen MR) is 136 cm³/mol. The number of rotatable bonds is 12. The van der Waals surface area contributed by atoms with Crippen molar-refractivity contribution in [1.82, 2.24) is 15.8 Å². The molecule has 0 aromatic heterocycles. The van der Waals surface area contributed by atoms with Crippen molar-refractivity contribution in [2.24, 2.45) is 5.92 Å². The fraction of sp³-hybridized carbons (Fsp3) is 0.536. The van der Waals surface area contributed by atoms with Gasteiger partial charge in [-0.25, -0.2) is 10.9 Å². The van der Waals surface area contributed by atoms with Gasteiger partial charge in [-0.1, -0.05) is 57.4 Å².